The Morgan fingerprint density at radius 1 is 1.43 bits per heavy atom. The SMILES string of the molecule is O=S(=O)(NCCc1cnc[nH]1)c1cc(Cl)cc(CO)c1F. The number of benzene rings is 1. The average molecular weight is 334 g/mol. The van der Waals surface area contributed by atoms with Crippen LogP contribution >= 0.6 is 11.6 Å². The third kappa shape index (κ3) is 3.79. The fraction of sp³-hybridized carbons (Fsp3) is 0.250. The Bertz CT molecular complexity index is 720. The second-order valence-corrected chi connectivity index (χ2v) is 6.43. The van der Waals surface area contributed by atoms with Gasteiger partial charge < -0.3 is 10.1 Å². The first-order valence-electron chi connectivity index (χ1n) is 5.99. The van der Waals surface area contributed by atoms with Gasteiger partial charge in [0.2, 0.25) is 10.0 Å². The van der Waals surface area contributed by atoms with E-state index in [9.17, 15) is 12.8 Å². The fourth-order valence-electron chi connectivity index (χ4n) is 1.75. The molecular weight excluding hydrogens is 321 g/mol. The molecule has 21 heavy (non-hydrogen) atoms. The minimum absolute atomic E-state index is 0.0365. The van der Waals surface area contributed by atoms with Crippen LogP contribution in [-0.2, 0) is 23.1 Å². The molecule has 0 amide bonds. The number of rotatable bonds is 6. The molecule has 2 rings (SSSR count). The summed E-state index contributed by atoms with van der Waals surface area (Å²) in [6.45, 7) is -0.562. The van der Waals surface area contributed by atoms with Gasteiger partial charge in [-0.3, -0.25) is 0 Å². The maximum atomic E-state index is 14.0. The Balaban J connectivity index is 2.17. The lowest BCUT2D eigenvalue weighted by Crippen LogP contribution is -2.27. The smallest absolute Gasteiger partial charge is 0.243 e. The van der Waals surface area contributed by atoms with E-state index >= 15 is 0 Å². The van der Waals surface area contributed by atoms with Crippen LogP contribution in [0.15, 0.2) is 29.6 Å². The number of sulfonamides is 1. The standard InChI is InChI=1S/C12H13ClFN3O3S/c13-9-3-8(6-18)12(14)11(4-9)21(19,20)17-2-1-10-5-15-7-16-10/h3-5,7,17-18H,1-2,6H2,(H,15,16). The molecule has 0 radical (unpaired) electrons. The van der Waals surface area contributed by atoms with Gasteiger partial charge in [0.25, 0.3) is 0 Å². The molecule has 6 nitrogen and oxygen atoms in total. The molecule has 0 aliphatic carbocycles. The second kappa shape index (κ2) is 6.52. The molecule has 1 aromatic carbocycles. The maximum Gasteiger partial charge on any atom is 0.243 e. The summed E-state index contributed by atoms with van der Waals surface area (Å²) in [5, 5.41) is 9.05. The maximum absolute atomic E-state index is 14.0. The van der Waals surface area contributed by atoms with Crippen LogP contribution in [0.4, 0.5) is 4.39 Å². The third-order valence-electron chi connectivity index (χ3n) is 2.78. The molecule has 0 bridgehead atoms. The Labute approximate surface area is 126 Å². The summed E-state index contributed by atoms with van der Waals surface area (Å²) in [4.78, 5) is 6.05. The number of halogens is 2. The zero-order valence-electron chi connectivity index (χ0n) is 10.8. The number of nitrogens with one attached hydrogen (secondary N) is 2. The summed E-state index contributed by atoms with van der Waals surface area (Å²) in [6, 6.07) is 2.19. The highest BCUT2D eigenvalue weighted by molar-refractivity contribution is 7.89. The van der Waals surface area contributed by atoms with Gasteiger partial charge in [0.15, 0.2) is 0 Å². The molecule has 0 aliphatic rings. The van der Waals surface area contributed by atoms with Crippen molar-refractivity contribution in [3.05, 3.63) is 46.8 Å². The zero-order chi connectivity index (χ0) is 15.5. The number of nitrogens with zero attached hydrogens (tertiary/aromatic N) is 1. The van der Waals surface area contributed by atoms with Gasteiger partial charge in [0.1, 0.15) is 10.7 Å². The Morgan fingerprint density at radius 3 is 2.81 bits per heavy atom. The van der Waals surface area contributed by atoms with Crippen LogP contribution in [0.2, 0.25) is 5.02 Å². The summed E-state index contributed by atoms with van der Waals surface area (Å²) < 4.78 is 40.4. The first kappa shape index (κ1) is 15.9. The number of H-pyrrole nitrogens is 1. The van der Waals surface area contributed by atoms with Gasteiger partial charge in [-0.2, -0.15) is 0 Å². The van der Waals surface area contributed by atoms with Crippen molar-refractivity contribution in [3.63, 3.8) is 0 Å². The minimum Gasteiger partial charge on any atom is -0.392 e. The van der Waals surface area contributed by atoms with Gasteiger partial charge in [0.05, 0.1) is 12.9 Å². The summed E-state index contributed by atoms with van der Waals surface area (Å²) >= 11 is 5.74. The third-order valence-corrected chi connectivity index (χ3v) is 4.46. The van der Waals surface area contributed by atoms with Crippen LogP contribution in [0.25, 0.3) is 0 Å². The topological polar surface area (TPSA) is 95.1 Å². The van der Waals surface area contributed by atoms with Gasteiger partial charge >= 0.3 is 0 Å². The molecule has 1 aromatic heterocycles. The second-order valence-electron chi connectivity index (χ2n) is 4.26. The molecule has 3 N–H and O–H groups in total. The molecule has 9 heteroatoms. The lowest BCUT2D eigenvalue weighted by molar-refractivity contribution is 0.274. The lowest BCUT2D eigenvalue weighted by atomic mass is 10.2. The van der Waals surface area contributed by atoms with Crippen molar-refractivity contribution in [2.24, 2.45) is 0 Å². The van der Waals surface area contributed by atoms with Crippen molar-refractivity contribution in [2.75, 3.05) is 6.54 Å². The molecule has 0 spiro atoms. The van der Waals surface area contributed by atoms with Gasteiger partial charge in [-0.25, -0.2) is 22.5 Å². The number of aliphatic hydroxyl groups is 1. The Morgan fingerprint density at radius 2 is 2.19 bits per heavy atom. The van der Waals surface area contributed by atoms with E-state index in [-0.39, 0.29) is 17.1 Å². The Hall–Kier alpha value is -1.48. The normalized spacial score (nSPS) is 11.8. The molecule has 0 atom stereocenters. The Kier molecular flexibility index (Phi) is 4.94. The molecule has 2 aromatic rings. The van der Waals surface area contributed by atoms with Crippen LogP contribution in [-0.4, -0.2) is 30.0 Å². The number of aromatic amines is 1. The molecule has 114 valence electrons. The van der Waals surface area contributed by atoms with E-state index < -0.39 is 27.3 Å². The van der Waals surface area contributed by atoms with E-state index in [0.29, 0.717) is 6.42 Å². The molecule has 1 heterocycles. The van der Waals surface area contributed by atoms with E-state index in [1.54, 1.807) is 6.20 Å². The van der Waals surface area contributed by atoms with E-state index in [0.717, 1.165) is 11.8 Å². The zero-order valence-corrected chi connectivity index (χ0v) is 12.4. The van der Waals surface area contributed by atoms with Crippen molar-refractivity contribution in [1.82, 2.24) is 14.7 Å². The van der Waals surface area contributed by atoms with Crippen molar-refractivity contribution in [2.45, 2.75) is 17.9 Å². The van der Waals surface area contributed by atoms with Crippen LogP contribution in [0.3, 0.4) is 0 Å². The van der Waals surface area contributed by atoms with E-state index in [2.05, 4.69) is 14.7 Å². The average Bonchev–Trinajstić information content (AvgIpc) is 2.93. The molecule has 0 saturated carbocycles. The highest BCUT2D eigenvalue weighted by Crippen LogP contribution is 2.23. The molecule has 0 saturated heterocycles. The van der Waals surface area contributed by atoms with Crippen LogP contribution in [0.5, 0.6) is 0 Å². The minimum atomic E-state index is -4.05. The van der Waals surface area contributed by atoms with E-state index in [4.69, 9.17) is 16.7 Å². The lowest BCUT2D eigenvalue weighted by Gasteiger charge is -2.10. The van der Waals surface area contributed by atoms with Crippen LogP contribution < -0.4 is 4.72 Å². The molecular formula is C12H13ClFN3O3S. The molecule has 0 fully saturated rings. The summed E-state index contributed by atoms with van der Waals surface area (Å²) in [5.41, 5.74) is 0.580. The summed E-state index contributed by atoms with van der Waals surface area (Å²) in [5.74, 6) is -1.00. The highest BCUT2D eigenvalue weighted by Gasteiger charge is 2.22. The number of hydrogen-bond donors (Lipinski definition) is 3. The largest absolute Gasteiger partial charge is 0.392 e. The van der Waals surface area contributed by atoms with Crippen LogP contribution in [0, 0.1) is 5.82 Å². The van der Waals surface area contributed by atoms with E-state index in [1.807, 2.05) is 0 Å². The summed E-state index contributed by atoms with van der Waals surface area (Å²) in [7, 11) is -4.05. The molecule has 0 unspecified atom stereocenters. The van der Waals surface area contributed by atoms with Gasteiger partial charge in [-0.1, -0.05) is 11.6 Å². The molecule has 0 aliphatic heterocycles. The van der Waals surface area contributed by atoms with Gasteiger partial charge in [-0.05, 0) is 12.1 Å². The predicted octanol–water partition coefficient (Wildman–Crippen LogP) is 1.22. The summed E-state index contributed by atoms with van der Waals surface area (Å²) in [6.07, 6.45) is 3.43. The van der Waals surface area contributed by atoms with Gasteiger partial charge in [-0.15, -0.1) is 0 Å². The number of aromatic nitrogens is 2. The van der Waals surface area contributed by atoms with Crippen molar-refractivity contribution >= 4 is 21.6 Å². The van der Waals surface area contributed by atoms with Crippen molar-refractivity contribution < 1.29 is 17.9 Å². The number of imidazole rings is 1. The van der Waals surface area contributed by atoms with E-state index in [1.165, 1.54) is 12.4 Å². The number of hydrogen-bond acceptors (Lipinski definition) is 4. The first-order chi connectivity index (χ1) is 9.94. The van der Waals surface area contributed by atoms with Crippen molar-refractivity contribution in [3.8, 4) is 0 Å². The highest BCUT2D eigenvalue weighted by atomic mass is 35.5. The van der Waals surface area contributed by atoms with Crippen molar-refractivity contribution in [1.29, 1.82) is 0 Å². The number of aliphatic hydroxyl groups excluding tert-OH is 1. The first-order valence-corrected chi connectivity index (χ1v) is 7.86. The van der Waals surface area contributed by atoms with Crippen LogP contribution in [0.1, 0.15) is 11.3 Å². The predicted molar refractivity (Wildman–Crippen MR) is 74.8 cm³/mol. The quantitative estimate of drug-likeness (QED) is 0.740. The monoisotopic (exact) mass is 333 g/mol. The fourth-order valence-corrected chi connectivity index (χ4v) is 3.23. The van der Waals surface area contributed by atoms with Gasteiger partial charge in [0, 0.05) is 35.4 Å².